The lowest BCUT2D eigenvalue weighted by Crippen LogP contribution is -2.47. The topological polar surface area (TPSA) is 47.6 Å². The van der Waals surface area contributed by atoms with Gasteiger partial charge in [0, 0.05) is 13.2 Å². The predicted octanol–water partition coefficient (Wildman–Crippen LogP) is 0.910. The molecule has 0 heterocycles. The van der Waals surface area contributed by atoms with E-state index in [1.54, 1.807) is 14.0 Å². The van der Waals surface area contributed by atoms with E-state index in [0.717, 1.165) is 12.8 Å². The van der Waals surface area contributed by atoms with Crippen LogP contribution in [0.5, 0.6) is 0 Å². The van der Waals surface area contributed by atoms with Gasteiger partial charge in [-0.1, -0.05) is 0 Å². The molecule has 0 aliphatic heterocycles. The molecule has 0 aromatic heterocycles. The first-order valence-corrected chi connectivity index (χ1v) is 4.22. The highest BCUT2D eigenvalue weighted by Crippen LogP contribution is 2.22. The van der Waals surface area contributed by atoms with Crippen molar-refractivity contribution in [1.82, 2.24) is 5.32 Å². The Kier molecular flexibility index (Phi) is 3.34. The average molecular weight is 173 g/mol. The van der Waals surface area contributed by atoms with E-state index in [1.807, 2.05) is 0 Å². The Morgan fingerprint density at radius 1 is 1.58 bits per heavy atom. The second-order valence-corrected chi connectivity index (χ2v) is 2.89. The highest BCUT2D eigenvalue weighted by atomic mass is 16.5. The molecule has 0 spiro atoms. The van der Waals surface area contributed by atoms with Crippen LogP contribution in [0.25, 0.3) is 0 Å². The fourth-order valence-electron chi connectivity index (χ4n) is 1.22. The fraction of sp³-hybridized carbons (Fsp3) is 0.875. The molecule has 1 amide bonds. The van der Waals surface area contributed by atoms with Crippen LogP contribution in [0.1, 0.15) is 19.8 Å². The lowest BCUT2D eigenvalue weighted by atomic mass is 9.89. The van der Waals surface area contributed by atoms with Gasteiger partial charge in [0.05, 0.1) is 12.7 Å². The zero-order valence-electron chi connectivity index (χ0n) is 7.50. The number of hydrogen-bond donors (Lipinski definition) is 1. The molecule has 0 aromatic rings. The minimum Gasteiger partial charge on any atom is -0.450 e. The molecule has 0 saturated heterocycles. The molecule has 1 rings (SSSR count). The molecule has 4 nitrogen and oxygen atoms in total. The summed E-state index contributed by atoms with van der Waals surface area (Å²) in [7, 11) is 1.69. The van der Waals surface area contributed by atoms with Gasteiger partial charge in [-0.3, -0.25) is 0 Å². The van der Waals surface area contributed by atoms with E-state index in [0.29, 0.717) is 12.7 Å². The van der Waals surface area contributed by atoms with Gasteiger partial charge in [-0.25, -0.2) is 4.79 Å². The second kappa shape index (κ2) is 4.30. The van der Waals surface area contributed by atoms with Crippen LogP contribution in [0.15, 0.2) is 0 Å². The van der Waals surface area contributed by atoms with Crippen molar-refractivity contribution in [2.75, 3.05) is 13.7 Å². The van der Waals surface area contributed by atoms with Gasteiger partial charge >= 0.3 is 6.09 Å². The Labute approximate surface area is 72.2 Å². The van der Waals surface area contributed by atoms with Crippen molar-refractivity contribution >= 4 is 6.09 Å². The molecular weight excluding hydrogens is 158 g/mol. The lowest BCUT2D eigenvalue weighted by molar-refractivity contribution is 0.0168. The average Bonchev–Trinajstić information content (AvgIpc) is 1.96. The van der Waals surface area contributed by atoms with Crippen molar-refractivity contribution in [2.45, 2.75) is 31.9 Å². The number of alkyl carbamates (subject to hydrolysis) is 1. The number of amides is 1. The molecule has 0 atom stereocenters. The molecule has 0 unspecified atom stereocenters. The first kappa shape index (κ1) is 9.32. The van der Waals surface area contributed by atoms with Gasteiger partial charge in [0.1, 0.15) is 0 Å². The summed E-state index contributed by atoms with van der Waals surface area (Å²) >= 11 is 0. The van der Waals surface area contributed by atoms with Crippen molar-refractivity contribution in [3.63, 3.8) is 0 Å². The third kappa shape index (κ3) is 2.37. The van der Waals surface area contributed by atoms with Crippen molar-refractivity contribution in [3.8, 4) is 0 Å². The van der Waals surface area contributed by atoms with Gasteiger partial charge in [0.15, 0.2) is 0 Å². The molecule has 4 heteroatoms. The lowest BCUT2D eigenvalue weighted by Gasteiger charge is -2.34. The maximum absolute atomic E-state index is 10.9. The first-order valence-electron chi connectivity index (χ1n) is 4.22. The summed E-state index contributed by atoms with van der Waals surface area (Å²) in [5.74, 6) is 0. The normalized spacial score (nSPS) is 27.5. The van der Waals surface area contributed by atoms with Crippen LogP contribution in [-0.2, 0) is 9.47 Å². The second-order valence-electron chi connectivity index (χ2n) is 2.89. The maximum Gasteiger partial charge on any atom is 0.407 e. The van der Waals surface area contributed by atoms with E-state index in [-0.39, 0.29) is 12.1 Å². The molecule has 0 bridgehead atoms. The van der Waals surface area contributed by atoms with Crippen LogP contribution >= 0.6 is 0 Å². The Balaban J connectivity index is 2.06. The van der Waals surface area contributed by atoms with Crippen molar-refractivity contribution < 1.29 is 14.3 Å². The van der Waals surface area contributed by atoms with Crippen LogP contribution in [0, 0.1) is 0 Å². The molecule has 0 radical (unpaired) electrons. The summed E-state index contributed by atoms with van der Waals surface area (Å²) in [5.41, 5.74) is 0. The third-order valence-electron chi connectivity index (χ3n) is 2.03. The predicted molar refractivity (Wildman–Crippen MR) is 44.0 cm³/mol. The van der Waals surface area contributed by atoms with Crippen LogP contribution in [0.4, 0.5) is 4.79 Å². The molecule has 0 aromatic carbocycles. The first-order chi connectivity index (χ1) is 5.76. The number of hydrogen-bond acceptors (Lipinski definition) is 3. The van der Waals surface area contributed by atoms with Gasteiger partial charge in [-0.2, -0.15) is 0 Å². The summed E-state index contributed by atoms with van der Waals surface area (Å²) in [5, 5.41) is 2.74. The van der Waals surface area contributed by atoms with Crippen molar-refractivity contribution in [1.29, 1.82) is 0 Å². The summed E-state index contributed by atoms with van der Waals surface area (Å²) in [4.78, 5) is 10.9. The largest absolute Gasteiger partial charge is 0.450 e. The van der Waals surface area contributed by atoms with E-state index in [4.69, 9.17) is 9.47 Å². The van der Waals surface area contributed by atoms with Crippen LogP contribution in [0.3, 0.4) is 0 Å². The zero-order chi connectivity index (χ0) is 8.97. The maximum atomic E-state index is 10.9. The molecule has 70 valence electrons. The molecule has 1 saturated carbocycles. The smallest absolute Gasteiger partial charge is 0.407 e. The van der Waals surface area contributed by atoms with Gasteiger partial charge in [-0.15, -0.1) is 0 Å². The van der Waals surface area contributed by atoms with Crippen LogP contribution < -0.4 is 5.32 Å². The van der Waals surface area contributed by atoms with Gasteiger partial charge in [-0.05, 0) is 19.8 Å². The van der Waals surface area contributed by atoms with E-state index in [2.05, 4.69) is 5.32 Å². The summed E-state index contributed by atoms with van der Waals surface area (Å²) in [6.07, 6.45) is 1.79. The summed E-state index contributed by atoms with van der Waals surface area (Å²) in [6.45, 7) is 2.21. The zero-order valence-corrected chi connectivity index (χ0v) is 7.50. The van der Waals surface area contributed by atoms with Crippen LogP contribution in [-0.4, -0.2) is 32.0 Å². The van der Waals surface area contributed by atoms with Crippen LogP contribution in [0.2, 0.25) is 0 Å². The number of rotatable bonds is 3. The van der Waals surface area contributed by atoms with Crippen molar-refractivity contribution in [2.24, 2.45) is 0 Å². The highest BCUT2D eigenvalue weighted by molar-refractivity contribution is 5.67. The number of carbonyl (C=O) groups is 1. The molecule has 1 fully saturated rings. The third-order valence-corrected chi connectivity index (χ3v) is 2.03. The van der Waals surface area contributed by atoms with E-state index < -0.39 is 0 Å². The van der Waals surface area contributed by atoms with Gasteiger partial charge in [0.25, 0.3) is 0 Å². The standard InChI is InChI=1S/C8H15NO3/c1-3-12-8(10)9-6-4-7(5-6)11-2/h6-7H,3-5H2,1-2H3,(H,9,10). The SMILES string of the molecule is CCOC(=O)NC1CC(OC)C1. The fourth-order valence-corrected chi connectivity index (χ4v) is 1.22. The Bertz CT molecular complexity index is 154. The molecule has 12 heavy (non-hydrogen) atoms. The Hall–Kier alpha value is -0.770. The highest BCUT2D eigenvalue weighted by Gasteiger charge is 2.30. The molecule has 1 aliphatic rings. The summed E-state index contributed by atoms with van der Waals surface area (Å²) in [6, 6.07) is 0.244. The van der Waals surface area contributed by atoms with Gasteiger partial charge in [0.2, 0.25) is 0 Å². The molecule has 1 aliphatic carbocycles. The number of methoxy groups -OCH3 is 1. The molecular formula is C8H15NO3. The van der Waals surface area contributed by atoms with E-state index >= 15 is 0 Å². The minimum atomic E-state index is -0.322. The number of nitrogens with one attached hydrogen (secondary N) is 1. The molecule has 1 N–H and O–H groups in total. The van der Waals surface area contributed by atoms with Crippen molar-refractivity contribution in [3.05, 3.63) is 0 Å². The van der Waals surface area contributed by atoms with E-state index in [1.165, 1.54) is 0 Å². The quantitative estimate of drug-likeness (QED) is 0.690. The Morgan fingerprint density at radius 3 is 2.75 bits per heavy atom. The summed E-state index contributed by atoms with van der Waals surface area (Å²) < 4.78 is 9.79. The monoisotopic (exact) mass is 173 g/mol. The Morgan fingerprint density at radius 2 is 2.25 bits per heavy atom. The van der Waals surface area contributed by atoms with Gasteiger partial charge < -0.3 is 14.8 Å². The number of carbonyl (C=O) groups excluding carboxylic acids is 1. The van der Waals surface area contributed by atoms with E-state index in [9.17, 15) is 4.79 Å². The number of ether oxygens (including phenoxy) is 2. The minimum absolute atomic E-state index is 0.244.